The first kappa shape index (κ1) is 64.5. The van der Waals surface area contributed by atoms with E-state index in [1.165, 1.54) is 49.1 Å². The van der Waals surface area contributed by atoms with Crippen molar-refractivity contribution in [3.63, 3.8) is 0 Å². The number of nitrogens with one attached hydrogen (secondary N) is 3. The largest absolute Gasteiger partial charge is 0.467 e. The third-order valence-electron chi connectivity index (χ3n) is 14.1. The van der Waals surface area contributed by atoms with Crippen LogP contribution in [0.1, 0.15) is 116 Å². The van der Waals surface area contributed by atoms with E-state index in [4.69, 9.17) is 26.8 Å². The van der Waals surface area contributed by atoms with Crippen molar-refractivity contribution >= 4 is 74.3 Å². The van der Waals surface area contributed by atoms with Crippen LogP contribution in [0.25, 0.3) is 33.9 Å². The fraction of sp³-hybridized carbons (Fsp3) is 0.475. The van der Waals surface area contributed by atoms with Crippen molar-refractivity contribution in [2.24, 2.45) is 5.92 Å². The minimum absolute atomic E-state index is 0.0183. The van der Waals surface area contributed by atoms with E-state index >= 15 is 4.39 Å². The van der Waals surface area contributed by atoms with Crippen molar-refractivity contribution in [2.45, 2.75) is 117 Å². The van der Waals surface area contributed by atoms with Gasteiger partial charge in [-0.3, -0.25) is 14.4 Å². The lowest BCUT2D eigenvalue weighted by Crippen LogP contribution is -2.51. The highest BCUT2D eigenvalue weighted by atomic mass is 35.5. The SMILES string of the molecule is C=C/C(F)=c1/sc(N)c(C#N)/c1=C\c1c(Cl)cc2c(N3CC4CCC(C3)N4)nc(OC)nc2c1F.CC.CC(C)C.C[C@H](NC(=O)[C@@H]1CCCN1C(=O)CNC(=O)CCOCCCN1CCCC1)c1ccc(-c2c(F)cccc2F)cc1. The van der Waals surface area contributed by atoms with Gasteiger partial charge in [0.15, 0.2) is 5.82 Å². The molecule has 5 N–H and O–H groups in total. The van der Waals surface area contributed by atoms with Gasteiger partial charge in [0, 0.05) is 67.5 Å². The molecule has 0 aliphatic carbocycles. The fourth-order valence-electron chi connectivity index (χ4n) is 10.2. The normalized spacial score (nSPS) is 18.3. The molecule has 21 heteroatoms. The zero-order chi connectivity index (χ0) is 59.6. The molecule has 442 valence electrons. The Hall–Kier alpha value is -6.63. The number of piperazine rings is 1. The number of carbonyl (C=O) groups is 3. The predicted octanol–water partition coefficient (Wildman–Crippen LogP) is 9.48. The monoisotopic (exact) mass is 1170 g/mol. The van der Waals surface area contributed by atoms with E-state index in [2.05, 4.69) is 63.1 Å². The number of benzene rings is 3. The lowest BCUT2D eigenvalue weighted by molar-refractivity contribution is -0.139. The van der Waals surface area contributed by atoms with E-state index < -0.39 is 29.3 Å². The lowest BCUT2D eigenvalue weighted by Gasteiger charge is -2.34. The number of likely N-dealkylation sites (tertiary alicyclic amines) is 2. The average molecular weight is 1170 g/mol. The number of amides is 3. The maximum Gasteiger partial charge on any atom is 0.318 e. The van der Waals surface area contributed by atoms with Gasteiger partial charge in [-0.15, -0.1) is 11.3 Å². The molecule has 15 nitrogen and oxygen atoms in total. The quantitative estimate of drug-likeness (QED) is 0.0510. The van der Waals surface area contributed by atoms with Crippen LogP contribution in [0.15, 0.2) is 61.2 Å². The van der Waals surface area contributed by atoms with Crippen LogP contribution < -0.4 is 41.1 Å². The summed E-state index contributed by atoms with van der Waals surface area (Å²) >= 11 is 7.44. The van der Waals surface area contributed by atoms with Gasteiger partial charge < -0.3 is 45.9 Å². The van der Waals surface area contributed by atoms with Crippen LogP contribution >= 0.6 is 22.9 Å². The third-order valence-corrected chi connectivity index (χ3v) is 15.5. The first-order chi connectivity index (χ1) is 39.4. The third kappa shape index (κ3) is 16.8. The number of thiophene rings is 1. The van der Waals surface area contributed by atoms with Gasteiger partial charge in [0.05, 0.1) is 47.0 Å². The van der Waals surface area contributed by atoms with Crippen molar-refractivity contribution in [1.82, 2.24) is 35.7 Å². The molecule has 0 spiro atoms. The van der Waals surface area contributed by atoms with E-state index in [9.17, 15) is 32.8 Å². The number of aromatic nitrogens is 2. The van der Waals surface area contributed by atoms with Gasteiger partial charge in [0.25, 0.3) is 0 Å². The second kappa shape index (κ2) is 31.1. The molecule has 4 atom stereocenters. The van der Waals surface area contributed by atoms with Crippen molar-refractivity contribution in [3.8, 4) is 23.2 Å². The summed E-state index contributed by atoms with van der Waals surface area (Å²) in [5, 5.41) is 19.5. The molecule has 4 fully saturated rings. The van der Waals surface area contributed by atoms with Gasteiger partial charge in [-0.2, -0.15) is 15.2 Å². The molecule has 5 aromatic rings. The number of ether oxygens (including phenoxy) is 2. The Morgan fingerprint density at radius 1 is 0.976 bits per heavy atom. The Morgan fingerprint density at radius 3 is 2.26 bits per heavy atom. The molecule has 2 unspecified atom stereocenters. The van der Waals surface area contributed by atoms with Crippen LogP contribution in [-0.4, -0.2) is 122 Å². The minimum Gasteiger partial charge on any atom is -0.467 e. The molecule has 0 radical (unpaired) electrons. The Kier molecular flexibility index (Phi) is 24.5. The van der Waals surface area contributed by atoms with Crippen LogP contribution in [-0.2, 0) is 19.1 Å². The number of allylic oxidation sites excluding steroid dienone is 1. The Balaban J connectivity index is 0.000000243. The number of hydrogen-bond donors (Lipinski definition) is 4. The number of nitrogen functional groups attached to an aromatic ring is 1. The molecule has 0 saturated carbocycles. The van der Waals surface area contributed by atoms with Gasteiger partial charge in [0.1, 0.15) is 45.9 Å². The summed E-state index contributed by atoms with van der Waals surface area (Å²) in [6.07, 6.45) is 9.35. The van der Waals surface area contributed by atoms with Crippen molar-refractivity contribution in [2.75, 3.05) is 76.8 Å². The van der Waals surface area contributed by atoms with Crippen LogP contribution in [0.4, 0.5) is 28.4 Å². The summed E-state index contributed by atoms with van der Waals surface area (Å²) < 4.78 is 69.6. The summed E-state index contributed by atoms with van der Waals surface area (Å²) in [5.74, 6) is -2.15. The number of nitrogens with zero attached hydrogens (tertiary/aromatic N) is 6. The number of carbonyl (C=O) groups excluding carboxylic acids is 3. The molecule has 4 saturated heterocycles. The van der Waals surface area contributed by atoms with Crippen LogP contribution in [0.3, 0.4) is 0 Å². The van der Waals surface area contributed by atoms with Gasteiger partial charge in [-0.25, -0.2) is 17.6 Å². The molecule has 2 aromatic heterocycles. The highest BCUT2D eigenvalue weighted by Gasteiger charge is 2.36. The summed E-state index contributed by atoms with van der Waals surface area (Å²) in [7, 11) is 1.42. The molecule has 2 bridgehead atoms. The molecule has 4 aliphatic rings. The van der Waals surface area contributed by atoms with E-state index in [0.29, 0.717) is 61.5 Å². The topological polar surface area (TPSA) is 191 Å². The van der Waals surface area contributed by atoms with E-state index in [1.54, 1.807) is 30.3 Å². The molecular formula is C61H77ClF4N10O5S. The smallest absolute Gasteiger partial charge is 0.318 e. The maximum absolute atomic E-state index is 16.0. The number of rotatable bonds is 17. The Morgan fingerprint density at radius 2 is 1.63 bits per heavy atom. The van der Waals surface area contributed by atoms with Crippen molar-refractivity contribution in [3.05, 3.63) is 110 Å². The zero-order valence-electron chi connectivity index (χ0n) is 48.0. The predicted molar refractivity (Wildman–Crippen MR) is 318 cm³/mol. The number of fused-ring (bicyclic) bond motifs is 3. The number of halogens is 5. The highest BCUT2D eigenvalue weighted by molar-refractivity contribution is 7.14. The maximum atomic E-state index is 16.0. The molecule has 6 heterocycles. The number of anilines is 2. The van der Waals surface area contributed by atoms with Gasteiger partial charge in [-0.1, -0.05) is 83.1 Å². The number of hydrogen-bond acceptors (Lipinski definition) is 13. The summed E-state index contributed by atoms with van der Waals surface area (Å²) in [5.41, 5.74) is 7.01. The average Bonchev–Trinajstić information content (AvgIpc) is 4.45. The second-order valence-corrected chi connectivity index (χ2v) is 22.4. The summed E-state index contributed by atoms with van der Waals surface area (Å²) in [6, 6.07) is 13.7. The number of nitrogens with two attached hydrogens (primary N) is 1. The van der Waals surface area contributed by atoms with Crippen LogP contribution in [0.5, 0.6) is 6.01 Å². The standard InChI is InChI=1S/C31H40F2N4O4.C24H21ClF2N6OS.C4H10.C2H6/c1-22(23-10-12-24(13-11-23)30-25(32)7-4-8-26(30)33)35-31(40)27-9-5-18-37(27)29(39)21-34-28(38)14-20-41-19-6-17-36-15-2-3-16-36;1-3-18(26)21-13(16(8-28)22(29)35-21)6-14-17(25)7-15-20(19(14)27)31-24(34-2)32-23(15)33-9-11-4-5-12(10-33)30-11;1-4(2)3;1-2/h4,7-8,10-13,22,27H,2-3,5-6,9,14-21H2,1H3,(H,34,38)(H,35,40);3,6-7,11-12,30H,1,4-5,9-10,29H2,2H3;4H,1-3H3;1-2H3/b;13-6+,21-18-;;/t22-,27-;;;/m0.../s1. The lowest BCUT2D eigenvalue weighted by atomic mass is 10.0. The number of nitriles is 1. The molecule has 9 rings (SSSR count). The minimum atomic E-state index is -0.730. The van der Waals surface area contributed by atoms with Gasteiger partial charge >= 0.3 is 6.01 Å². The first-order valence-electron chi connectivity index (χ1n) is 28.2. The van der Waals surface area contributed by atoms with Gasteiger partial charge in [-0.05, 0) is 112 Å². The Labute approximate surface area is 487 Å². The summed E-state index contributed by atoms with van der Waals surface area (Å²) in [6.45, 7) is 21.7. The summed E-state index contributed by atoms with van der Waals surface area (Å²) in [4.78, 5) is 52.9. The Bertz CT molecular complexity index is 3150. The molecule has 4 aliphatic heterocycles. The number of methoxy groups -OCH3 is 1. The second-order valence-electron chi connectivity index (χ2n) is 20.9. The van der Waals surface area contributed by atoms with E-state index in [0.717, 1.165) is 80.9 Å². The first-order valence-corrected chi connectivity index (χ1v) is 29.4. The molecular weight excluding hydrogens is 1100 g/mol. The highest BCUT2D eigenvalue weighted by Crippen LogP contribution is 2.36. The zero-order valence-corrected chi connectivity index (χ0v) is 49.6. The van der Waals surface area contributed by atoms with Crippen molar-refractivity contribution < 1.29 is 41.4 Å². The van der Waals surface area contributed by atoms with Crippen molar-refractivity contribution in [1.29, 1.82) is 5.26 Å². The molecule has 3 amide bonds. The van der Waals surface area contributed by atoms with E-state index in [-0.39, 0.29) is 84.7 Å². The molecule has 82 heavy (non-hydrogen) atoms. The van der Waals surface area contributed by atoms with Gasteiger partial charge in [0.2, 0.25) is 17.7 Å². The fourth-order valence-corrected chi connectivity index (χ4v) is 11.4. The molecule has 3 aromatic carbocycles. The van der Waals surface area contributed by atoms with Crippen LogP contribution in [0, 0.1) is 34.7 Å². The van der Waals surface area contributed by atoms with Crippen LogP contribution in [0.2, 0.25) is 5.02 Å². The van der Waals surface area contributed by atoms with E-state index in [1.807, 2.05) is 26.8 Å².